The Labute approximate surface area is 122 Å². The van der Waals surface area contributed by atoms with Crippen molar-refractivity contribution in [3.63, 3.8) is 0 Å². The van der Waals surface area contributed by atoms with Crippen molar-refractivity contribution in [3.8, 4) is 12.3 Å². The third-order valence-electron chi connectivity index (χ3n) is 2.85. The van der Waals surface area contributed by atoms with Gasteiger partial charge in [0.05, 0.1) is 4.75 Å². The number of hydrogen-bond acceptors (Lipinski definition) is 1. The zero-order chi connectivity index (χ0) is 14.5. The molecule has 0 N–H and O–H groups in total. The smallest absolute Gasteiger partial charge is 0.0963 e. The van der Waals surface area contributed by atoms with Crippen molar-refractivity contribution in [3.05, 3.63) is 54.1 Å². The normalized spacial score (nSPS) is 14.3. The van der Waals surface area contributed by atoms with Gasteiger partial charge in [-0.1, -0.05) is 56.2 Å². The second kappa shape index (κ2) is 6.68. The Hall–Kier alpha value is -1.39. The lowest BCUT2D eigenvalue weighted by Gasteiger charge is -2.19. The van der Waals surface area contributed by atoms with Crippen LogP contribution in [0.4, 0.5) is 0 Å². The van der Waals surface area contributed by atoms with Crippen molar-refractivity contribution < 1.29 is 0 Å². The van der Waals surface area contributed by atoms with Gasteiger partial charge in [0.15, 0.2) is 0 Å². The molecular weight excluding hydrogens is 248 g/mol. The van der Waals surface area contributed by atoms with Crippen LogP contribution in [0, 0.1) is 12.3 Å². The predicted molar refractivity (Wildman–Crippen MR) is 87.6 cm³/mol. The Morgan fingerprint density at radius 1 is 1.37 bits per heavy atom. The van der Waals surface area contributed by atoms with Gasteiger partial charge in [0.25, 0.3) is 0 Å². The van der Waals surface area contributed by atoms with Gasteiger partial charge in [0, 0.05) is 4.90 Å². The van der Waals surface area contributed by atoms with Crippen LogP contribution in [0.25, 0.3) is 0 Å². The van der Waals surface area contributed by atoms with Crippen LogP contribution >= 0.6 is 11.8 Å². The molecule has 1 atom stereocenters. The monoisotopic (exact) mass is 270 g/mol. The second-order valence-electron chi connectivity index (χ2n) is 5.26. The van der Waals surface area contributed by atoms with Crippen LogP contribution in [0.5, 0.6) is 0 Å². The van der Waals surface area contributed by atoms with E-state index in [1.54, 1.807) is 11.8 Å². The van der Waals surface area contributed by atoms with E-state index in [4.69, 9.17) is 6.42 Å². The fourth-order valence-electron chi connectivity index (χ4n) is 1.58. The third-order valence-corrected chi connectivity index (χ3v) is 4.03. The Morgan fingerprint density at radius 3 is 2.37 bits per heavy atom. The summed E-state index contributed by atoms with van der Waals surface area (Å²) in [6, 6.07) is 8.63. The number of thioether (sulfide) groups is 1. The van der Waals surface area contributed by atoms with E-state index < -0.39 is 0 Å². The van der Waals surface area contributed by atoms with Crippen LogP contribution in [0.15, 0.2) is 53.5 Å². The molecule has 19 heavy (non-hydrogen) atoms. The van der Waals surface area contributed by atoms with Gasteiger partial charge in [-0.25, -0.2) is 0 Å². The van der Waals surface area contributed by atoms with Gasteiger partial charge in [-0.2, -0.15) is 0 Å². The van der Waals surface area contributed by atoms with Crippen LogP contribution in [0.3, 0.4) is 0 Å². The molecule has 1 rings (SSSR count). The van der Waals surface area contributed by atoms with Crippen LogP contribution in [-0.4, -0.2) is 4.75 Å². The summed E-state index contributed by atoms with van der Waals surface area (Å²) in [4.78, 5) is 1.19. The minimum Gasteiger partial charge on any atom is -0.118 e. The fraction of sp³-hybridized carbons (Fsp3) is 0.333. The highest BCUT2D eigenvalue weighted by molar-refractivity contribution is 8.01. The molecule has 100 valence electrons. The molecule has 0 aromatic heterocycles. The lowest BCUT2D eigenvalue weighted by atomic mass is 10.0. The number of benzene rings is 1. The quantitative estimate of drug-likeness (QED) is 0.391. The van der Waals surface area contributed by atoms with Crippen LogP contribution in [-0.2, 0) is 0 Å². The summed E-state index contributed by atoms with van der Waals surface area (Å²) in [5.41, 5.74) is 2.36. The maximum atomic E-state index is 5.67. The first kappa shape index (κ1) is 15.7. The number of allylic oxidation sites excluding steroid dienone is 2. The van der Waals surface area contributed by atoms with Crippen molar-refractivity contribution in [2.24, 2.45) is 0 Å². The van der Waals surface area contributed by atoms with Gasteiger partial charge in [-0.15, -0.1) is 18.2 Å². The van der Waals surface area contributed by atoms with Gasteiger partial charge < -0.3 is 0 Å². The summed E-state index contributed by atoms with van der Waals surface area (Å²) in [6.45, 7) is 12.3. The highest BCUT2D eigenvalue weighted by atomic mass is 32.2. The average molecular weight is 270 g/mol. The molecule has 0 aliphatic heterocycles. The molecule has 0 radical (unpaired) electrons. The second-order valence-corrected chi connectivity index (χ2v) is 6.78. The number of terminal acetylenes is 1. The van der Waals surface area contributed by atoms with Crippen LogP contribution in [0.1, 0.15) is 39.2 Å². The van der Waals surface area contributed by atoms with Gasteiger partial charge >= 0.3 is 0 Å². The predicted octanol–water partition coefficient (Wildman–Crippen LogP) is 5.43. The molecule has 0 saturated carbocycles. The summed E-state index contributed by atoms with van der Waals surface area (Å²) >= 11 is 1.69. The van der Waals surface area contributed by atoms with E-state index in [-0.39, 0.29) is 4.75 Å². The van der Waals surface area contributed by atoms with Crippen molar-refractivity contribution in [1.29, 1.82) is 0 Å². The molecule has 0 saturated heterocycles. The van der Waals surface area contributed by atoms with Gasteiger partial charge in [0.1, 0.15) is 0 Å². The summed E-state index contributed by atoms with van der Waals surface area (Å²) in [5, 5.41) is 0. The van der Waals surface area contributed by atoms with E-state index in [0.29, 0.717) is 5.92 Å². The lowest BCUT2D eigenvalue weighted by molar-refractivity contribution is 0.864. The van der Waals surface area contributed by atoms with E-state index in [0.717, 1.165) is 5.57 Å². The van der Waals surface area contributed by atoms with Crippen LogP contribution in [0.2, 0.25) is 0 Å². The molecule has 0 heterocycles. The number of rotatable bonds is 5. The molecular formula is C18H22S. The van der Waals surface area contributed by atoms with Gasteiger partial charge in [0.2, 0.25) is 0 Å². The third kappa shape index (κ3) is 5.01. The maximum Gasteiger partial charge on any atom is 0.0963 e. The Morgan fingerprint density at radius 2 is 1.95 bits per heavy atom. The fourth-order valence-corrected chi connectivity index (χ4v) is 2.54. The molecule has 0 amide bonds. The molecule has 0 aliphatic rings. The Bertz CT molecular complexity index is 499. The van der Waals surface area contributed by atoms with E-state index in [2.05, 4.69) is 50.6 Å². The molecule has 1 unspecified atom stereocenters. The minimum atomic E-state index is -0.335. The van der Waals surface area contributed by atoms with E-state index in [1.165, 1.54) is 10.5 Å². The molecule has 0 aliphatic carbocycles. The molecule has 1 aromatic rings. The Kier molecular flexibility index (Phi) is 5.51. The first-order valence-electron chi connectivity index (χ1n) is 6.48. The van der Waals surface area contributed by atoms with Gasteiger partial charge in [-0.3, -0.25) is 0 Å². The summed E-state index contributed by atoms with van der Waals surface area (Å²) in [6.07, 6.45) is 9.69. The first-order chi connectivity index (χ1) is 8.86. The topological polar surface area (TPSA) is 0 Å². The molecule has 0 bridgehead atoms. The molecule has 0 spiro atoms. The van der Waals surface area contributed by atoms with Crippen molar-refractivity contribution in [1.82, 2.24) is 0 Å². The summed E-state index contributed by atoms with van der Waals surface area (Å²) in [7, 11) is 0. The standard InChI is InChI=1S/C18H22S/c1-7-18(6,13-12-14(2)3)19-17-10-8-16(9-11-17)15(4)5/h1,8-13,15H,2H2,3-6H3/b13-12-. The van der Waals surface area contributed by atoms with Crippen molar-refractivity contribution in [2.75, 3.05) is 0 Å². The average Bonchev–Trinajstić information content (AvgIpc) is 2.37. The molecule has 1 heteroatoms. The number of hydrogen-bond donors (Lipinski definition) is 0. The highest BCUT2D eigenvalue weighted by Gasteiger charge is 2.19. The molecule has 1 aromatic carbocycles. The Balaban J connectivity index is 2.87. The SMILES string of the molecule is C#CC(C)(/C=C\C(=C)C)Sc1ccc(C(C)C)cc1. The lowest BCUT2D eigenvalue weighted by Crippen LogP contribution is -2.12. The summed E-state index contributed by atoms with van der Waals surface area (Å²) in [5.74, 6) is 3.41. The van der Waals surface area contributed by atoms with Gasteiger partial charge in [-0.05, 0) is 37.5 Å². The molecule has 0 fully saturated rings. The van der Waals surface area contributed by atoms with Crippen molar-refractivity contribution in [2.45, 2.75) is 43.3 Å². The largest absolute Gasteiger partial charge is 0.118 e. The zero-order valence-electron chi connectivity index (χ0n) is 12.2. The van der Waals surface area contributed by atoms with Crippen LogP contribution < -0.4 is 0 Å². The zero-order valence-corrected chi connectivity index (χ0v) is 13.1. The van der Waals surface area contributed by atoms with E-state index >= 15 is 0 Å². The molecule has 0 nitrogen and oxygen atoms in total. The minimum absolute atomic E-state index is 0.335. The van der Waals surface area contributed by atoms with Crippen molar-refractivity contribution >= 4 is 11.8 Å². The highest BCUT2D eigenvalue weighted by Crippen LogP contribution is 2.34. The van der Waals surface area contributed by atoms with E-state index in [1.807, 2.05) is 26.0 Å². The maximum absolute atomic E-state index is 5.67. The first-order valence-corrected chi connectivity index (χ1v) is 7.29. The van der Waals surface area contributed by atoms with E-state index in [9.17, 15) is 0 Å². The summed E-state index contributed by atoms with van der Waals surface area (Å²) < 4.78 is -0.335.